The summed E-state index contributed by atoms with van der Waals surface area (Å²) in [6, 6.07) is 17.3. The Morgan fingerprint density at radius 3 is 2.58 bits per heavy atom. The zero-order valence-corrected chi connectivity index (χ0v) is 16.2. The molecule has 0 spiro atoms. The van der Waals surface area contributed by atoms with Crippen LogP contribution in [0.3, 0.4) is 0 Å². The molecule has 1 unspecified atom stereocenters. The van der Waals surface area contributed by atoms with Gasteiger partial charge in [0.25, 0.3) is 0 Å². The Morgan fingerprint density at radius 2 is 1.88 bits per heavy atom. The number of thioether (sulfide) groups is 1. The first-order valence-electron chi connectivity index (χ1n) is 8.34. The Hall–Kier alpha value is -2.24. The Morgan fingerprint density at radius 1 is 1.19 bits per heavy atom. The molecule has 0 fully saturated rings. The Labute approximate surface area is 162 Å². The third-order valence-electron chi connectivity index (χ3n) is 3.95. The highest BCUT2D eigenvalue weighted by Crippen LogP contribution is 2.24. The number of H-pyrrole nitrogens is 1. The minimum atomic E-state index is -0.277. The average molecular weight is 386 g/mol. The first kappa shape index (κ1) is 18.5. The summed E-state index contributed by atoms with van der Waals surface area (Å²) in [7, 11) is 0. The predicted octanol–water partition coefficient (Wildman–Crippen LogP) is 5.08. The highest BCUT2D eigenvalue weighted by molar-refractivity contribution is 8.00. The minimum Gasteiger partial charge on any atom is -0.337 e. The van der Waals surface area contributed by atoms with E-state index in [9.17, 15) is 4.79 Å². The molecule has 26 heavy (non-hydrogen) atoms. The van der Waals surface area contributed by atoms with Crippen LogP contribution in [0.2, 0.25) is 5.02 Å². The van der Waals surface area contributed by atoms with E-state index in [4.69, 9.17) is 11.6 Å². The summed E-state index contributed by atoms with van der Waals surface area (Å²) < 4.78 is 0. The molecule has 0 aliphatic carbocycles. The number of rotatable bonds is 6. The lowest BCUT2D eigenvalue weighted by molar-refractivity contribution is -0.115. The van der Waals surface area contributed by atoms with E-state index >= 15 is 0 Å². The van der Waals surface area contributed by atoms with Crippen LogP contribution in [0, 0.1) is 6.92 Å². The number of carbonyl (C=O) groups is 1. The summed E-state index contributed by atoms with van der Waals surface area (Å²) in [6.45, 7) is 3.87. The van der Waals surface area contributed by atoms with Gasteiger partial charge in [-0.15, -0.1) is 0 Å². The van der Waals surface area contributed by atoms with Crippen LogP contribution >= 0.6 is 23.4 Å². The van der Waals surface area contributed by atoms with Gasteiger partial charge in [-0.2, -0.15) is 0 Å². The molecule has 1 atom stereocenters. The van der Waals surface area contributed by atoms with E-state index in [1.165, 1.54) is 17.3 Å². The number of nitrogens with zero attached hydrogens (tertiary/aromatic N) is 1. The number of imidazole rings is 1. The van der Waals surface area contributed by atoms with Crippen molar-refractivity contribution in [3.8, 4) is 0 Å². The summed E-state index contributed by atoms with van der Waals surface area (Å²) in [5, 5.41) is 4.01. The van der Waals surface area contributed by atoms with Gasteiger partial charge in [-0.05, 0) is 43.7 Å². The minimum absolute atomic E-state index is 0.0732. The second-order valence-corrected chi connectivity index (χ2v) is 7.80. The smallest absolute Gasteiger partial charge is 0.237 e. The van der Waals surface area contributed by atoms with Crippen molar-refractivity contribution in [2.24, 2.45) is 0 Å². The molecule has 2 N–H and O–H groups in total. The molecule has 1 amide bonds. The molecule has 6 heteroatoms. The summed E-state index contributed by atoms with van der Waals surface area (Å²) in [6.07, 6.45) is 0.773. The lowest BCUT2D eigenvalue weighted by Gasteiger charge is -2.10. The van der Waals surface area contributed by atoms with Gasteiger partial charge in [0.05, 0.1) is 10.9 Å². The SMILES string of the molecule is Cc1[nH]c(SC(C)C(=O)Nc2ccc(Cl)cc2)nc1Cc1ccccc1. The highest BCUT2D eigenvalue weighted by atomic mass is 35.5. The van der Waals surface area contributed by atoms with Gasteiger partial charge in [-0.3, -0.25) is 4.79 Å². The quantitative estimate of drug-likeness (QED) is 0.581. The first-order valence-corrected chi connectivity index (χ1v) is 9.59. The lowest BCUT2D eigenvalue weighted by Crippen LogP contribution is -2.22. The van der Waals surface area contributed by atoms with Crippen LogP contribution in [-0.4, -0.2) is 21.1 Å². The fraction of sp³-hybridized carbons (Fsp3) is 0.200. The average Bonchev–Trinajstić information content (AvgIpc) is 2.97. The van der Waals surface area contributed by atoms with Crippen molar-refractivity contribution in [3.63, 3.8) is 0 Å². The fourth-order valence-electron chi connectivity index (χ4n) is 2.48. The molecule has 1 aromatic heterocycles. The number of carbonyl (C=O) groups excluding carboxylic acids is 1. The monoisotopic (exact) mass is 385 g/mol. The van der Waals surface area contributed by atoms with Crippen LogP contribution < -0.4 is 5.32 Å². The molecule has 0 radical (unpaired) electrons. The topological polar surface area (TPSA) is 57.8 Å². The van der Waals surface area contributed by atoms with Gasteiger partial charge < -0.3 is 10.3 Å². The second-order valence-electron chi connectivity index (χ2n) is 6.03. The normalized spacial score (nSPS) is 12.0. The van der Waals surface area contributed by atoms with E-state index in [0.717, 1.165) is 28.7 Å². The van der Waals surface area contributed by atoms with Crippen molar-refractivity contribution in [1.29, 1.82) is 0 Å². The van der Waals surface area contributed by atoms with Crippen LogP contribution in [0.4, 0.5) is 5.69 Å². The number of aryl methyl sites for hydroxylation is 1. The molecular weight excluding hydrogens is 366 g/mol. The van der Waals surface area contributed by atoms with Gasteiger partial charge in [0, 0.05) is 22.8 Å². The van der Waals surface area contributed by atoms with Crippen molar-refractivity contribution in [2.45, 2.75) is 30.7 Å². The maximum Gasteiger partial charge on any atom is 0.237 e. The number of aromatic amines is 1. The van der Waals surface area contributed by atoms with E-state index in [2.05, 4.69) is 27.4 Å². The maximum atomic E-state index is 12.4. The molecule has 1 heterocycles. The number of halogens is 1. The summed E-state index contributed by atoms with van der Waals surface area (Å²) >= 11 is 7.28. The van der Waals surface area contributed by atoms with E-state index in [1.54, 1.807) is 24.3 Å². The van der Waals surface area contributed by atoms with Gasteiger partial charge >= 0.3 is 0 Å². The van der Waals surface area contributed by atoms with Gasteiger partial charge in [-0.1, -0.05) is 53.7 Å². The van der Waals surface area contributed by atoms with Crippen LogP contribution in [0.5, 0.6) is 0 Å². The van der Waals surface area contributed by atoms with Crippen LogP contribution in [-0.2, 0) is 11.2 Å². The van der Waals surface area contributed by atoms with E-state index in [0.29, 0.717) is 5.02 Å². The summed E-state index contributed by atoms with van der Waals surface area (Å²) in [5.41, 5.74) is 3.98. The molecule has 0 aliphatic rings. The molecule has 3 rings (SSSR count). The number of benzene rings is 2. The number of hydrogen-bond acceptors (Lipinski definition) is 3. The van der Waals surface area contributed by atoms with Crippen LogP contribution in [0.15, 0.2) is 59.8 Å². The zero-order valence-electron chi connectivity index (χ0n) is 14.6. The van der Waals surface area contributed by atoms with Gasteiger partial charge in [0.15, 0.2) is 5.16 Å². The molecule has 134 valence electrons. The number of amides is 1. The molecule has 3 aromatic rings. The predicted molar refractivity (Wildman–Crippen MR) is 108 cm³/mol. The third-order valence-corrected chi connectivity index (χ3v) is 5.18. The summed E-state index contributed by atoms with van der Waals surface area (Å²) in [5.74, 6) is -0.0732. The molecule has 0 saturated carbocycles. The van der Waals surface area contributed by atoms with Crippen molar-refractivity contribution in [1.82, 2.24) is 9.97 Å². The Balaban J connectivity index is 1.62. The second kappa shape index (κ2) is 8.43. The number of anilines is 1. The first-order chi connectivity index (χ1) is 12.5. The Kier molecular flexibility index (Phi) is 6.01. The van der Waals surface area contributed by atoms with E-state index in [-0.39, 0.29) is 11.2 Å². The van der Waals surface area contributed by atoms with Crippen LogP contribution in [0.1, 0.15) is 23.9 Å². The molecule has 0 bridgehead atoms. The number of aromatic nitrogens is 2. The van der Waals surface area contributed by atoms with Crippen molar-refractivity contribution < 1.29 is 4.79 Å². The largest absolute Gasteiger partial charge is 0.337 e. The summed E-state index contributed by atoms with van der Waals surface area (Å²) in [4.78, 5) is 20.3. The third kappa shape index (κ3) is 4.90. The standard InChI is InChI=1S/C20H20ClN3OS/c1-13-18(12-15-6-4-3-5-7-15)24-20(22-13)26-14(2)19(25)23-17-10-8-16(21)9-11-17/h3-11,14H,12H2,1-2H3,(H,22,24)(H,23,25). The molecule has 0 aliphatic heterocycles. The Bertz CT molecular complexity index is 878. The van der Waals surface area contributed by atoms with E-state index in [1.807, 2.05) is 32.0 Å². The molecular formula is C20H20ClN3OS. The highest BCUT2D eigenvalue weighted by Gasteiger charge is 2.17. The van der Waals surface area contributed by atoms with E-state index < -0.39 is 0 Å². The van der Waals surface area contributed by atoms with Crippen molar-refractivity contribution in [2.75, 3.05) is 5.32 Å². The molecule has 4 nitrogen and oxygen atoms in total. The van der Waals surface area contributed by atoms with Crippen molar-refractivity contribution >= 4 is 35.0 Å². The zero-order chi connectivity index (χ0) is 18.5. The number of hydrogen-bond donors (Lipinski definition) is 2. The van der Waals surface area contributed by atoms with Gasteiger partial charge in [0.1, 0.15) is 0 Å². The fourth-order valence-corrected chi connectivity index (χ4v) is 3.48. The molecule has 2 aromatic carbocycles. The van der Waals surface area contributed by atoms with Gasteiger partial charge in [-0.25, -0.2) is 4.98 Å². The lowest BCUT2D eigenvalue weighted by atomic mass is 10.1. The van der Waals surface area contributed by atoms with Crippen molar-refractivity contribution in [3.05, 3.63) is 76.6 Å². The van der Waals surface area contributed by atoms with Gasteiger partial charge in [0.2, 0.25) is 5.91 Å². The molecule has 0 saturated heterocycles. The number of nitrogens with one attached hydrogen (secondary N) is 2. The maximum absolute atomic E-state index is 12.4. The van der Waals surface area contributed by atoms with Crippen LogP contribution in [0.25, 0.3) is 0 Å².